The summed E-state index contributed by atoms with van der Waals surface area (Å²) in [6, 6.07) is 34.2. The van der Waals surface area contributed by atoms with Crippen molar-refractivity contribution in [1.82, 2.24) is 0 Å². The number of nitrogens with zero attached hydrogens (tertiary/aromatic N) is 3. The molecular weight excluding hydrogens is 645 g/mol. The van der Waals surface area contributed by atoms with E-state index in [1.165, 1.54) is 53.4 Å². The van der Waals surface area contributed by atoms with Crippen molar-refractivity contribution in [3.05, 3.63) is 152 Å². The average Bonchev–Trinajstić information content (AvgIpc) is 3.75. The van der Waals surface area contributed by atoms with Crippen molar-refractivity contribution in [2.24, 2.45) is 0 Å². The monoisotopic (exact) mass is 679 g/mol. The summed E-state index contributed by atoms with van der Waals surface area (Å²) in [4.78, 5) is 3.60. The van der Waals surface area contributed by atoms with Crippen molar-refractivity contribution in [2.45, 2.75) is 44.2 Å². The third kappa shape index (κ3) is 6.10. The lowest BCUT2D eigenvalue weighted by Crippen LogP contribution is -2.33. The van der Waals surface area contributed by atoms with Crippen LogP contribution in [0.5, 0.6) is 0 Å². The van der Waals surface area contributed by atoms with Gasteiger partial charge in [0.25, 0.3) is 5.01 Å². The highest BCUT2D eigenvalue weighted by atomic mass is 35.5. The van der Waals surface area contributed by atoms with Crippen LogP contribution in [0.3, 0.4) is 0 Å². The first kappa shape index (κ1) is 31.0. The maximum atomic E-state index is 6.39. The van der Waals surface area contributed by atoms with Gasteiger partial charge in [0, 0.05) is 69.7 Å². The zero-order valence-electron chi connectivity index (χ0n) is 25.9. The molecule has 7 heteroatoms. The largest absolute Gasteiger partial charge is 0.335 e. The van der Waals surface area contributed by atoms with Crippen molar-refractivity contribution >= 4 is 74.0 Å². The summed E-state index contributed by atoms with van der Waals surface area (Å²) in [7, 11) is 0. The fourth-order valence-corrected chi connectivity index (χ4v) is 9.04. The summed E-state index contributed by atoms with van der Waals surface area (Å²) in [5.41, 5.74) is 7.52. The molecule has 0 N–H and O–H groups in total. The lowest BCUT2D eigenvalue weighted by molar-refractivity contribution is -0.665. The highest BCUT2D eigenvalue weighted by Crippen LogP contribution is 2.47. The van der Waals surface area contributed by atoms with Gasteiger partial charge in [-0.15, -0.1) is 0 Å². The highest BCUT2D eigenvalue weighted by molar-refractivity contribution is 8.03. The molecule has 46 heavy (non-hydrogen) atoms. The predicted molar refractivity (Wildman–Crippen MR) is 197 cm³/mol. The smallest absolute Gasteiger partial charge is 0.262 e. The molecule has 0 fully saturated rings. The normalized spacial score (nSPS) is 16.7. The molecule has 0 atom stereocenters. The molecule has 7 rings (SSSR count). The van der Waals surface area contributed by atoms with Crippen LogP contribution >= 0.6 is 46.3 Å². The Labute approximate surface area is 289 Å². The van der Waals surface area contributed by atoms with E-state index in [-0.39, 0.29) is 6.04 Å². The number of thioether (sulfide) groups is 1. The Morgan fingerprint density at radius 3 is 2.20 bits per heavy atom. The summed E-state index contributed by atoms with van der Waals surface area (Å²) >= 11 is 16.4. The number of benzene rings is 4. The molecule has 5 aromatic rings. The number of halogens is 2. The fourth-order valence-electron chi connectivity index (χ4n) is 6.49. The molecule has 0 aliphatic carbocycles. The first-order valence-electron chi connectivity index (χ1n) is 15.7. The number of aryl methyl sites for hydroxylation is 1. The van der Waals surface area contributed by atoms with Gasteiger partial charge < -0.3 is 4.90 Å². The Hall–Kier alpha value is -3.61. The molecule has 0 spiro atoms. The van der Waals surface area contributed by atoms with Gasteiger partial charge in [0.05, 0.1) is 10.7 Å². The van der Waals surface area contributed by atoms with Gasteiger partial charge in [0.15, 0.2) is 11.4 Å². The third-order valence-corrected chi connectivity index (χ3v) is 11.3. The van der Waals surface area contributed by atoms with Gasteiger partial charge in [-0.05, 0) is 50.3 Å². The fraction of sp³-hybridized carbons (Fsp3) is 0.179. The maximum absolute atomic E-state index is 6.39. The van der Waals surface area contributed by atoms with Gasteiger partial charge in [-0.3, -0.25) is 0 Å². The quantitative estimate of drug-likeness (QED) is 0.151. The Morgan fingerprint density at radius 2 is 1.50 bits per heavy atom. The number of aromatic nitrogens is 1. The molecule has 1 aromatic heterocycles. The summed E-state index contributed by atoms with van der Waals surface area (Å²) in [5.74, 6) is 0. The van der Waals surface area contributed by atoms with E-state index in [4.69, 9.17) is 23.2 Å². The van der Waals surface area contributed by atoms with Gasteiger partial charge in [0.1, 0.15) is 11.2 Å². The van der Waals surface area contributed by atoms with E-state index in [9.17, 15) is 0 Å². The van der Waals surface area contributed by atoms with Crippen molar-refractivity contribution in [2.75, 3.05) is 11.4 Å². The van der Waals surface area contributed by atoms with Gasteiger partial charge in [-0.1, -0.05) is 107 Å². The van der Waals surface area contributed by atoms with Crippen LogP contribution in [0.2, 0.25) is 10.0 Å². The summed E-state index contributed by atoms with van der Waals surface area (Å²) < 4.78 is 6.17. The summed E-state index contributed by atoms with van der Waals surface area (Å²) in [6.45, 7) is 6.16. The van der Waals surface area contributed by atoms with Crippen LogP contribution < -0.4 is 9.47 Å². The van der Waals surface area contributed by atoms with E-state index in [2.05, 4.69) is 137 Å². The molecule has 230 valence electrons. The number of thiazole rings is 1. The number of anilines is 1. The molecule has 0 radical (unpaired) electrons. The van der Waals surface area contributed by atoms with Crippen LogP contribution in [-0.4, -0.2) is 16.8 Å². The first-order chi connectivity index (χ1) is 22.5. The van der Waals surface area contributed by atoms with Crippen LogP contribution in [0.4, 0.5) is 5.69 Å². The standard InChI is InChI=1S/C39H35Cl2N3S2/c1-3-42-33-25-29(40)15-21-35(33)45-37(42)23-19-31-17-18-32(20-24-38-43(4-2)34-26-30(41)16-22-36(34)46-38)44(31)39(27-11-7-5-8-12-27)28-13-9-6-10-14-28/h5-16,19-26,39H,3-4,17-18H2,1-2H3/q+2. The maximum Gasteiger partial charge on any atom is 0.262 e. The zero-order valence-corrected chi connectivity index (χ0v) is 29.0. The number of rotatable bonds is 8. The van der Waals surface area contributed by atoms with Crippen LogP contribution in [0.25, 0.3) is 16.3 Å². The molecule has 0 bridgehead atoms. The van der Waals surface area contributed by atoms with E-state index >= 15 is 0 Å². The number of allylic oxidation sites excluding steroid dienone is 4. The van der Waals surface area contributed by atoms with Crippen LogP contribution in [0.15, 0.2) is 131 Å². The SMILES string of the molecule is CCN1C(=CC=C2CCC(C=Cc3sc4ccc(Cl)cc4[n+]3CC)=[N+]2C(c2ccccc2)c2ccccc2)Sc2ccc(Cl)cc21. The van der Waals surface area contributed by atoms with Crippen molar-refractivity contribution in [1.29, 1.82) is 0 Å². The number of fused-ring (bicyclic) bond motifs is 2. The first-order valence-corrected chi connectivity index (χ1v) is 18.1. The predicted octanol–water partition coefficient (Wildman–Crippen LogP) is 10.9. The second-order valence-electron chi connectivity index (χ2n) is 11.3. The molecule has 0 saturated heterocycles. The molecule has 4 aromatic carbocycles. The van der Waals surface area contributed by atoms with Crippen LogP contribution in [-0.2, 0) is 6.54 Å². The Bertz CT molecular complexity index is 1990. The minimum absolute atomic E-state index is 0.0447. The topological polar surface area (TPSA) is 10.1 Å². The highest BCUT2D eigenvalue weighted by Gasteiger charge is 2.36. The Morgan fingerprint density at radius 1 is 0.804 bits per heavy atom. The number of hydrogen-bond acceptors (Lipinski definition) is 3. The zero-order chi connectivity index (χ0) is 31.6. The third-order valence-electron chi connectivity index (χ3n) is 8.60. The molecule has 0 unspecified atom stereocenters. The summed E-state index contributed by atoms with van der Waals surface area (Å²) in [5, 5.41) is 3.98. The molecular formula is C39H35Cl2N3S2+2. The lowest BCUT2D eigenvalue weighted by atomic mass is 9.97. The van der Waals surface area contributed by atoms with Gasteiger partial charge in [0.2, 0.25) is 11.6 Å². The van der Waals surface area contributed by atoms with Crippen LogP contribution in [0.1, 0.15) is 48.9 Å². The molecule has 2 aliphatic rings. The van der Waals surface area contributed by atoms with Crippen molar-refractivity contribution in [3.8, 4) is 0 Å². The van der Waals surface area contributed by atoms with E-state index in [1.54, 1.807) is 0 Å². The molecule has 3 heterocycles. The van der Waals surface area contributed by atoms with Crippen molar-refractivity contribution in [3.63, 3.8) is 0 Å². The molecule has 0 saturated carbocycles. The van der Waals surface area contributed by atoms with Gasteiger partial charge >= 0.3 is 0 Å². The lowest BCUT2D eigenvalue weighted by Gasteiger charge is -2.18. The minimum Gasteiger partial charge on any atom is -0.335 e. The second kappa shape index (κ2) is 13.6. The van der Waals surface area contributed by atoms with Gasteiger partial charge in [-0.25, -0.2) is 0 Å². The Balaban J connectivity index is 1.36. The minimum atomic E-state index is 0.0447. The van der Waals surface area contributed by atoms with E-state index < -0.39 is 0 Å². The van der Waals surface area contributed by atoms with Crippen LogP contribution in [0, 0.1) is 0 Å². The molecule has 0 amide bonds. The van der Waals surface area contributed by atoms with Crippen molar-refractivity contribution < 1.29 is 9.14 Å². The number of hydrogen-bond donors (Lipinski definition) is 0. The van der Waals surface area contributed by atoms with E-state index in [0.29, 0.717) is 0 Å². The molecule has 3 nitrogen and oxygen atoms in total. The average molecular weight is 681 g/mol. The summed E-state index contributed by atoms with van der Waals surface area (Å²) in [6.07, 6.45) is 11.2. The van der Waals surface area contributed by atoms with E-state index in [0.717, 1.165) is 36.0 Å². The second-order valence-corrected chi connectivity index (χ2v) is 14.3. The Kier molecular flexibility index (Phi) is 9.19. The van der Waals surface area contributed by atoms with E-state index in [1.807, 2.05) is 35.2 Å². The van der Waals surface area contributed by atoms with Gasteiger partial charge in [-0.2, -0.15) is 9.14 Å². The molecule has 2 aliphatic heterocycles.